The van der Waals surface area contributed by atoms with Crippen LogP contribution in [0.3, 0.4) is 0 Å². The minimum absolute atomic E-state index is 0.124. The summed E-state index contributed by atoms with van der Waals surface area (Å²) in [4.78, 5) is 0. The topological polar surface area (TPSA) is 35.2 Å². The predicted octanol–water partition coefficient (Wildman–Crippen LogP) is 3.51. The SMILES string of the molecule is Cc1ccc(OCC2CCC2)c(C2(N)CCC2)c1. The van der Waals surface area contributed by atoms with Gasteiger partial charge in [0.2, 0.25) is 0 Å². The lowest BCUT2D eigenvalue weighted by Crippen LogP contribution is -2.43. The lowest BCUT2D eigenvalue weighted by Gasteiger charge is -2.40. The van der Waals surface area contributed by atoms with E-state index in [1.54, 1.807) is 0 Å². The first-order valence-electron chi connectivity index (χ1n) is 7.20. The molecule has 0 radical (unpaired) electrons. The van der Waals surface area contributed by atoms with Crippen LogP contribution < -0.4 is 10.5 Å². The van der Waals surface area contributed by atoms with Crippen molar-refractivity contribution < 1.29 is 4.74 Å². The molecule has 2 saturated carbocycles. The molecule has 2 heteroatoms. The first-order chi connectivity index (χ1) is 8.67. The van der Waals surface area contributed by atoms with Gasteiger partial charge in [-0.3, -0.25) is 0 Å². The quantitative estimate of drug-likeness (QED) is 0.881. The summed E-state index contributed by atoms with van der Waals surface area (Å²) >= 11 is 0. The van der Waals surface area contributed by atoms with E-state index in [4.69, 9.17) is 10.5 Å². The zero-order chi connectivity index (χ0) is 12.6. The smallest absolute Gasteiger partial charge is 0.124 e. The van der Waals surface area contributed by atoms with Gasteiger partial charge in [-0.1, -0.05) is 24.1 Å². The maximum atomic E-state index is 6.47. The summed E-state index contributed by atoms with van der Waals surface area (Å²) in [6.45, 7) is 2.99. The Morgan fingerprint density at radius 2 is 2.06 bits per heavy atom. The summed E-state index contributed by atoms with van der Waals surface area (Å²) in [5, 5.41) is 0. The van der Waals surface area contributed by atoms with E-state index < -0.39 is 0 Å². The van der Waals surface area contributed by atoms with E-state index in [1.807, 2.05) is 0 Å². The lowest BCUT2D eigenvalue weighted by molar-refractivity contribution is 0.171. The Labute approximate surface area is 110 Å². The molecule has 2 N–H and O–H groups in total. The highest BCUT2D eigenvalue weighted by Crippen LogP contribution is 2.43. The van der Waals surface area contributed by atoms with E-state index in [9.17, 15) is 0 Å². The van der Waals surface area contributed by atoms with Gasteiger partial charge in [-0.05, 0) is 51.0 Å². The van der Waals surface area contributed by atoms with E-state index in [2.05, 4.69) is 25.1 Å². The number of hydrogen-bond acceptors (Lipinski definition) is 2. The highest BCUT2D eigenvalue weighted by atomic mass is 16.5. The van der Waals surface area contributed by atoms with Crippen molar-refractivity contribution in [1.82, 2.24) is 0 Å². The molecule has 98 valence electrons. The molecule has 0 saturated heterocycles. The van der Waals surface area contributed by atoms with Gasteiger partial charge in [0.1, 0.15) is 5.75 Å². The first-order valence-corrected chi connectivity index (χ1v) is 7.20. The maximum absolute atomic E-state index is 6.47. The van der Waals surface area contributed by atoms with Crippen molar-refractivity contribution in [2.24, 2.45) is 11.7 Å². The number of aryl methyl sites for hydroxylation is 1. The van der Waals surface area contributed by atoms with Gasteiger partial charge >= 0.3 is 0 Å². The molecule has 18 heavy (non-hydrogen) atoms. The van der Waals surface area contributed by atoms with Crippen LogP contribution in [-0.2, 0) is 5.54 Å². The molecule has 0 aliphatic heterocycles. The van der Waals surface area contributed by atoms with Crippen molar-refractivity contribution in [3.63, 3.8) is 0 Å². The average Bonchev–Trinajstić information content (AvgIpc) is 2.25. The van der Waals surface area contributed by atoms with Crippen LogP contribution in [-0.4, -0.2) is 6.61 Å². The molecule has 2 nitrogen and oxygen atoms in total. The Bertz CT molecular complexity index is 433. The molecule has 0 amide bonds. The van der Waals surface area contributed by atoms with Gasteiger partial charge in [-0.2, -0.15) is 0 Å². The summed E-state index contributed by atoms with van der Waals surface area (Å²) in [5.41, 5.74) is 8.85. The van der Waals surface area contributed by atoms with Crippen LogP contribution in [0.15, 0.2) is 18.2 Å². The fraction of sp³-hybridized carbons (Fsp3) is 0.625. The van der Waals surface area contributed by atoms with Crippen molar-refractivity contribution >= 4 is 0 Å². The van der Waals surface area contributed by atoms with Crippen LogP contribution in [0.25, 0.3) is 0 Å². The number of hydrogen-bond donors (Lipinski definition) is 1. The Hall–Kier alpha value is -1.02. The molecular weight excluding hydrogens is 222 g/mol. The van der Waals surface area contributed by atoms with Gasteiger partial charge < -0.3 is 10.5 Å². The van der Waals surface area contributed by atoms with E-state index in [0.717, 1.165) is 31.1 Å². The summed E-state index contributed by atoms with van der Waals surface area (Å²) in [7, 11) is 0. The van der Waals surface area contributed by atoms with Crippen LogP contribution >= 0.6 is 0 Å². The van der Waals surface area contributed by atoms with Gasteiger partial charge in [0, 0.05) is 11.1 Å². The highest BCUT2D eigenvalue weighted by Gasteiger charge is 2.37. The van der Waals surface area contributed by atoms with Crippen molar-refractivity contribution in [3.8, 4) is 5.75 Å². The second-order valence-corrected chi connectivity index (χ2v) is 6.12. The van der Waals surface area contributed by atoms with E-state index >= 15 is 0 Å². The molecule has 0 bridgehead atoms. The summed E-state index contributed by atoms with van der Waals surface area (Å²) < 4.78 is 6.04. The number of nitrogens with two attached hydrogens (primary N) is 1. The van der Waals surface area contributed by atoms with Crippen LogP contribution in [0.4, 0.5) is 0 Å². The summed E-state index contributed by atoms with van der Waals surface area (Å²) in [5.74, 6) is 1.80. The molecule has 2 aliphatic carbocycles. The maximum Gasteiger partial charge on any atom is 0.124 e. The van der Waals surface area contributed by atoms with Gasteiger partial charge in [-0.25, -0.2) is 0 Å². The van der Waals surface area contributed by atoms with Gasteiger partial charge in [0.05, 0.1) is 6.61 Å². The largest absolute Gasteiger partial charge is 0.493 e. The van der Waals surface area contributed by atoms with E-state index in [1.165, 1.54) is 36.8 Å². The molecule has 0 unspecified atom stereocenters. The molecule has 1 aromatic carbocycles. The van der Waals surface area contributed by atoms with Crippen molar-refractivity contribution in [3.05, 3.63) is 29.3 Å². The van der Waals surface area contributed by atoms with Crippen molar-refractivity contribution in [2.45, 2.75) is 51.0 Å². The minimum Gasteiger partial charge on any atom is -0.493 e. The Balaban J connectivity index is 1.78. The minimum atomic E-state index is -0.124. The molecule has 0 heterocycles. The fourth-order valence-electron chi connectivity index (χ4n) is 2.85. The number of ether oxygens (including phenoxy) is 1. The molecular formula is C16H23NO. The molecule has 0 aromatic heterocycles. The standard InChI is InChI=1S/C16H23NO/c1-12-6-7-15(18-11-13-4-2-5-13)14(10-12)16(17)8-3-9-16/h6-7,10,13H,2-5,8-9,11,17H2,1H3. The highest BCUT2D eigenvalue weighted by molar-refractivity contribution is 5.43. The van der Waals surface area contributed by atoms with Crippen LogP contribution in [0.1, 0.15) is 49.7 Å². The van der Waals surface area contributed by atoms with Crippen LogP contribution in [0.2, 0.25) is 0 Å². The lowest BCUT2D eigenvalue weighted by atomic mass is 9.72. The summed E-state index contributed by atoms with van der Waals surface area (Å²) in [6, 6.07) is 6.45. The van der Waals surface area contributed by atoms with Gasteiger partial charge in [0.15, 0.2) is 0 Å². The summed E-state index contributed by atoms with van der Waals surface area (Å²) in [6.07, 6.45) is 7.46. The van der Waals surface area contributed by atoms with Crippen LogP contribution in [0.5, 0.6) is 5.75 Å². The van der Waals surface area contributed by atoms with Crippen molar-refractivity contribution in [2.75, 3.05) is 6.61 Å². The second-order valence-electron chi connectivity index (χ2n) is 6.12. The normalized spacial score (nSPS) is 22.1. The molecule has 1 aromatic rings. The molecule has 3 rings (SSSR count). The predicted molar refractivity (Wildman–Crippen MR) is 73.7 cm³/mol. The second kappa shape index (κ2) is 4.58. The Morgan fingerprint density at radius 3 is 2.61 bits per heavy atom. The number of benzene rings is 1. The zero-order valence-corrected chi connectivity index (χ0v) is 11.2. The van der Waals surface area contributed by atoms with E-state index in [-0.39, 0.29) is 5.54 Å². The zero-order valence-electron chi connectivity index (χ0n) is 11.2. The first kappa shape index (κ1) is 12.0. The van der Waals surface area contributed by atoms with Crippen LogP contribution in [0, 0.1) is 12.8 Å². The fourth-order valence-corrected chi connectivity index (χ4v) is 2.85. The average molecular weight is 245 g/mol. The van der Waals surface area contributed by atoms with Gasteiger partial charge in [0.25, 0.3) is 0 Å². The van der Waals surface area contributed by atoms with Gasteiger partial charge in [-0.15, -0.1) is 0 Å². The Kier molecular flexibility index (Phi) is 3.06. The monoisotopic (exact) mass is 245 g/mol. The molecule has 0 spiro atoms. The van der Waals surface area contributed by atoms with Crippen molar-refractivity contribution in [1.29, 1.82) is 0 Å². The Morgan fingerprint density at radius 1 is 1.28 bits per heavy atom. The molecule has 2 aliphatic rings. The molecule has 2 fully saturated rings. The third kappa shape index (κ3) is 2.14. The molecule has 0 atom stereocenters. The third-order valence-corrected chi connectivity index (χ3v) is 4.62. The third-order valence-electron chi connectivity index (χ3n) is 4.62. The number of rotatable bonds is 4. The van der Waals surface area contributed by atoms with E-state index in [0.29, 0.717) is 0 Å².